The summed E-state index contributed by atoms with van der Waals surface area (Å²) in [5.41, 5.74) is 1.44. The third kappa shape index (κ3) is 2.58. The van der Waals surface area contributed by atoms with Crippen molar-refractivity contribution in [2.45, 2.75) is 51.0 Å². The molecule has 0 radical (unpaired) electrons. The van der Waals surface area contributed by atoms with Crippen LogP contribution in [0.1, 0.15) is 51.1 Å². The summed E-state index contributed by atoms with van der Waals surface area (Å²) in [6.07, 6.45) is 9.47. The van der Waals surface area contributed by atoms with Gasteiger partial charge in [-0.1, -0.05) is 26.2 Å². The molecule has 1 aliphatic rings. The second-order valence-corrected chi connectivity index (χ2v) is 5.89. The zero-order valence-electron chi connectivity index (χ0n) is 10.8. The predicted octanol–water partition coefficient (Wildman–Crippen LogP) is 3.34. The van der Waals surface area contributed by atoms with Crippen molar-refractivity contribution in [1.82, 2.24) is 15.1 Å². The first kappa shape index (κ1) is 13.1. The molecule has 1 fully saturated rings. The van der Waals surface area contributed by atoms with Crippen LogP contribution in [0.15, 0.2) is 10.7 Å². The second-order valence-electron chi connectivity index (χ2n) is 5.03. The van der Waals surface area contributed by atoms with Crippen LogP contribution in [0.4, 0.5) is 0 Å². The fourth-order valence-electron chi connectivity index (χ4n) is 3.05. The van der Waals surface area contributed by atoms with Gasteiger partial charge >= 0.3 is 0 Å². The first-order valence-corrected chi connectivity index (χ1v) is 7.42. The molecule has 1 aliphatic heterocycles. The summed E-state index contributed by atoms with van der Waals surface area (Å²) in [6.45, 7) is 3.39. The van der Waals surface area contributed by atoms with Crippen LogP contribution in [-0.2, 0) is 12.6 Å². The average molecular weight is 300 g/mol. The Morgan fingerprint density at radius 1 is 1.47 bits per heavy atom. The number of aromatic nitrogens is 2. The molecular formula is C13H22BrN3. The number of aryl methyl sites for hydroxylation is 1. The third-order valence-corrected chi connectivity index (χ3v) is 4.35. The van der Waals surface area contributed by atoms with Gasteiger partial charge in [-0.05, 0) is 41.7 Å². The summed E-state index contributed by atoms with van der Waals surface area (Å²) in [7, 11) is 2.05. The molecule has 0 aromatic carbocycles. The van der Waals surface area contributed by atoms with Gasteiger partial charge in [0.15, 0.2) is 0 Å². The Hall–Kier alpha value is -0.350. The topological polar surface area (TPSA) is 29.9 Å². The van der Waals surface area contributed by atoms with Crippen LogP contribution < -0.4 is 5.32 Å². The molecular weight excluding hydrogens is 278 g/mol. The number of nitrogens with zero attached hydrogens (tertiary/aromatic N) is 2. The maximum atomic E-state index is 4.38. The lowest BCUT2D eigenvalue weighted by atomic mass is 9.85. The van der Waals surface area contributed by atoms with E-state index in [1.807, 2.05) is 17.9 Å². The van der Waals surface area contributed by atoms with Crippen molar-refractivity contribution in [2.75, 3.05) is 6.54 Å². The molecule has 0 saturated carbocycles. The quantitative estimate of drug-likeness (QED) is 0.928. The molecule has 4 heteroatoms. The number of hydrogen-bond donors (Lipinski definition) is 1. The minimum atomic E-state index is 0.120. The fourth-order valence-corrected chi connectivity index (χ4v) is 3.78. The van der Waals surface area contributed by atoms with Crippen LogP contribution in [-0.4, -0.2) is 16.3 Å². The van der Waals surface area contributed by atoms with Crippen molar-refractivity contribution in [3.63, 3.8) is 0 Å². The van der Waals surface area contributed by atoms with Crippen molar-refractivity contribution in [2.24, 2.45) is 7.05 Å². The van der Waals surface area contributed by atoms with E-state index in [0.717, 1.165) is 11.0 Å². The highest BCUT2D eigenvalue weighted by molar-refractivity contribution is 9.10. The van der Waals surface area contributed by atoms with Gasteiger partial charge in [-0.3, -0.25) is 4.68 Å². The molecule has 1 atom stereocenters. The van der Waals surface area contributed by atoms with Crippen LogP contribution >= 0.6 is 15.9 Å². The Morgan fingerprint density at radius 2 is 2.29 bits per heavy atom. The van der Waals surface area contributed by atoms with Crippen LogP contribution in [0.25, 0.3) is 0 Å². The SMILES string of the molecule is CCCC1(c2c(Br)cnn2C)CCCCCN1. The second kappa shape index (κ2) is 5.53. The van der Waals surface area contributed by atoms with E-state index < -0.39 is 0 Å². The first-order valence-electron chi connectivity index (χ1n) is 6.62. The molecule has 96 valence electrons. The highest BCUT2D eigenvalue weighted by atomic mass is 79.9. The largest absolute Gasteiger partial charge is 0.306 e. The summed E-state index contributed by atoms with van der Waals surface area (Å²) in [5.74, 6) is 0. The Labute approximate surface area is 112 Å². The van der Waals surface area contributed by atoms with E-state index in [0.29, 0.717) is 0 Å². The minimum Gasteiger partial charge on any atom is -0.306 e. The van der Waals surface area contributed by atoms with Crippen molar-refractivity contribution in [1.29, 1.82) is 0 Å². The molecule has 1 aromatic heterocycles. The van der Waals surface area contributed by atoms with Gasteiger partial charge < -0.3 is 5.32 Å². The van der Waals surface area contributed by atoms with Crippen molar-refractivity contribution in [3.05, 3.63) is 16.4 Å². The van der Waals surface area contributed by atoms with E-state index in [9.17, 15) is 0 Å². The molecule has 3 nitrogen and oxygen atoms in total. The molecule has 2 heterocycles. The monoisotopic (exact) mass is 299 g/mol. The molecule has 0 amide bonds. The predicted molar refractivity (Wildman–Crippen MR) is 74.0 cm³/mol. The molecule has 0 aliphatic carbocycles. The zero-order chi connectivity index (χ0) is 12.3. The van der Waals surface area contributed by atoms with Crippen molar-refractivity contribution in [3.8, 4) is 0 Å². The number of hydrogen-bond acceptors (Lipinski definition) is 2. The maximum Gasteiger partial charge on any atom is 0.0723 e. The van der Waals surface area contributed by atoms with E-state index in [1.165, 1.54) is 44.2 Å². The maximum absolute atomic E-state index is 4.38. The molecule has 1 unspecified atom stereocenters. The van der Waals surface area contributed by atoms with Crippen LogP contribution in [0.5, 0.6) is 0 Å². The Balaban J connectivity index is 2.38. The third-order valence-electron chi connectivity index (χ3n) is 3.77. The summed E-state index contributed by atoms with van der Waals surface area (Å²) < 4.78 is 3.17. The lowest BCUT2D eigenvalue weighted by molar-refractivity contribution is 0.277. The van der Waals surface area contributed by atoms with Gasteiger partial charge in [0.05, 0.1) is 21.9 Å². The van der Waals surface area contributed by atoms with Crippen LogP contribution in [0.3, 0.4) is 0 Å². The molecule has 0 bridgehead atoms. The van der Waals surface area contributed by atoms with E-state index in [2.05, 4.69) is 33.3 Å². The van der Waals surface area contributed by atoms with E-state index in [4.69, 9.17) is 0 Å². The fraction of sp³-hybridized carbons (Fsp3) is 0.769. The van der Waals surface area contributed by atoms with E-state index >= 15 is 0 Å². The number of rotatable bonds is 3. The van der Waals surface area contributed by atoms with Crippen molar-refractivity contribution >= 4 is 15.9 Å². The number of halogens is 1. The highest BCUT2D eigenvalue weighted by Gasteiger charge is 2.35. The van der Waals surface area contributed by atoms with E-state index in [-0.39, 0.29) is 5.54 Å². The summed E-state index contributed by atoms with van der Waals surface area (Å²) in [6, 6.07) is 0. The standard InChI is InChI=1S/C13H22BrN3/c1-3-7-13(8-5-4-6-9-15-13)12-11(14)10-16-17(12)2/h10,15H,3-9H2,1-2H3. The Morgan fingerprint density at radius 3 is 2.94 bits per heavy atom. The van der Waals surface area contributed by atoms with Crippen LogP contribution in [0, 0.1) is 0 Å². The average Bonchev–Trinajstić information content (AvgIpc) is 2.53. The lowest BCUT2D eigenvalue weighted by Gasteiger charge is -2.34. The molecule has 1 aromatic rings. The molecule has 1 N–H and O–H groups in total. The van der Waals surface area contributed by atoms with Crippen LogP contribution in [0.2, 0.25) is 0 Å². The van der Waals surface area contributed by atoms with Gasteiger partial charge in [0.2, 0.25) is 0 Å². The molecule has 1 saturated heterocycles. The Bertz CT molecular complexity index is 345. The molecule has 2 rings (SSSR count). The van der Waals surface area contributed by atoms with Gasteiger partial charge in [0, 0.05) is 7.05 Å². The molecule has 0 spiro atoms. The van der Waals surface area contributed by atoms with Gasteiger partial charge in [0.1, 0.15) is 0 Å². The van der Waals surface area contributed by atoms with Crippen molar-refractivity contribution < 1.29 is 0 Å². The Kier molecular flexibility index (Phi) is 4.26. The summed E-state index contributed by atoms with van der Waals surface area (Å²) >= 11 is 3.66. The number of nitrogens with one attached hydrogen (secondary N) is 1. The van der Waals surface area contributed by atoms with Gasteiger partial charge in [-0.15, -0.1) is 0 Å². The summed E-state index contributed by atoms with van der Waals surface area (Å²) in [4.78, 5) is 0. The highest BCUT2D eigenvalue weighted by Crippen LogP contribution is 2.37. The molecule has 17 heavy (non-hydrogen) atoms. The van der Waals surface area contributed by atoms with Gasteiger partial charge in [0.25, 0.3) is 0 Å². The minimum absolute atomic E-state index is 0.120. The van der Waals surface area contributed by atoms with Gasteiger partial charge in [-0.2, -0.15) is 5.10 Å². The lowest BCUT2D eigenvalue weighted by Crippen LogP contribution is -2.43. The normalized spacial score (nSPS) is 25.8. The van der Waals surface area contributed by atoms with E-state index in [1.54, 1.807) is 0 Å². The zero-order valence-corrected chi connectivity index (χ0v) is 12.4. The van der Waals surface area contributed by atoms with Gasteiger partial charge in [-0.25, -0.2) is 0 Å². The summed E-state index contributed by atoms with van der Waals surface area (Å²) in [5, 5.41) is 8.17. The smallest absolute Gasteiger partial charge is 0.0723 e. The first-order chi connectivity index (χ1) is 8.19.